The molecule has 29 heavy (non-hydrogen) atoms. The number of H-pyrrole nitrogens is 1. The van der Waals surface area contributed by atoms with Gasteiger partial charge in [-0.1, -0.05) is 59.7 Å². The fourth-order valence-electron chi connectivity index (χ4n) is 2.79. The molecule has 10 heteroatoms. The van der Waals surface area contributed by atoms with E-state index in [1.807, 2.05) is 54.6 Å². The predicted octanol–water partition coefficient (Wildman–Crippen LogP) is 0.452. The number of aliphatic carboxylic acids is 1. The molecule has 0 radical (unpaired) electrons. The van der Waals surface area contributed by atoms with Crippen LogP contribution in [0.3, 0.4) is 0 Å². The molecule has 0 spiro atoms. The molecule has 5 N–H and O–H groups in total. The lowest BCUT2D eigenvalue weighted by Crippen LogP contribution is -2.51. The lowest BCUT2D eigenvalue weighted by atomic mass is 10.00. The molecule has 0 fully saturated rings. The maximum Gasteiger partial charge on any atom is 0.323 e. The van der Waals surface area contributed by atoms with Crippen LogP contribution in [0.15, 0.2) is 54.6 Å². The number of benzene rings is 2. The number of tetrazole rings is 1. The first-order chi connectivity index (χ1) is 14.1. The van der Waals surface area contributed by atoms with E-state index in [-0.39, 0.29) is 12.4 Å². The molecule has 1 heterocycles. The fraction of sp³-hybridized carbons (Fsp3) is 0.211. The monoisotopic (exact) mass is 396 g/mol. The molecule has 3 aromatic rings. The lowest BCUT2D eigenvalue weighted by Gasteiger charge is -2.21. The molecule has 0 unspecified atom stereocenters. The first-order valence-electron chi connectivity index (χ1n) is 8.85. The number of carbonyl (C=O) groups is 2. The molecule has 0 saturated heterocycles. The zero-order valence-electron chi connectivity index (χ0n) is 15.3. The first-order valence-corrected chi connectivity index (χ1v) is 8.85. The van der Waals surface area contributed by atoms with Crippen LogP contribution in [0.4, 0.5) is 5.95 Å². The Balaban J connectivity index is 1.76. The van der Waals surface area contributed by atoms with E-state index in [2.05, 4.69) is 31.3 Å². The van der Waals surface area contributed by atoms with E-state index in [1.54, 1.807) is 0 Å². The van der Waals surface area contributed by atoms with Gasteiger partial charge in [-0.2, -0.15) is 0 Å². The van der Waals surface area contributed by atoms with Crippen LogP contribution in [0.25, 0.3) is 11.1 Å². The van der Waals surface area contributed by atoms with Crippen LogP contribution in [0.5, 0.6) is 0 Å². The number of aromatic amines is 1. The van der Waals surface area contributed by atoms with Gasteiger partial charge in [0.2, 0.25) is 11.9 Å². The molecule has 0 aliphatic heterocycles. The van der Waals surface area contributed by atoms with Crippen molar-refractivity contribution in [2.24, 2.45) is 0 Å². The highest BCUT2D eigenvalue weighted by atomic mass is 16.4. The molecular formula is C19H20N6O4. The van der Waals surface area contributed by atoms with E-state index < -0.39 is 30.6 Å². The Hall–Kier alpha value is -3.63. The van der Waals surface area contributed by atoms with Crippen LogP contribution >= 0.6 is 0 Å². The average Bonchev–Trinajstić information content (AvgIpc) is 3.25. The molecular weight excluding hydrogens is 376 g/mol. The number of aliphatic hydroxyl groups excluding tert-OH is 1. The van der Waals surface area contributed by atoms with Gasteiger partial charge in [0.05, 0.1) is 12.6 Å². The number of nitrogens with one attached hydrogen (secondary N) is 3. The summed E-state index contributed by atoms with van der Waals surface area (Å²) in [7, 11) is 0. The summed E-state index contributed by atoms with van der Waals surface area (Å²) in [6.45, 7) is -0.657. The molecule has 10 nitrogen and oxygen atoms in total. The molecule has 0 aliphatic carbocycles. The lowest BCUT2D eigenvalue weighted by molar-refractivity contribution is -0.140. The Morgan fingerprint density at radius 2 is 1.69 bits per heavy atom. The maximum atomic E-state index is 12.6. The quantitative estimate of drug-likeness (QED) is 0.349. The largest absolute Gasteiger partial charge is 0.480 e. The zero-order chi connectivity index (χ0) is 20.6. The average molecular weight is 396 g/mol. The fourth-order valence-corrected chi connectivity index (χ4v) is 2.79. The summed E-state index contributed by atoms with van der Waals surface area (Å²) in [4.78, 5) is 23.9. The van der Waals surface area contributed by atoms with Crippen molar-refractivity contribution >= 4 is 17.8 Å². The van der Waals surface area contributed by atoms with E-state index in [4.69, 9.17) is 0 Å². The van der Waals surface area contributed by atoms with Crippen LogP contribution in [-0.2, 0) is 16.0 Å². The standard InChI is InChI=1S/C19H20N6O4/c26-11-16(18(28)29)20-15(17(27)21-19-22-24-25-23-19)10-12-6-8-14(9-7-12)13-4-2-1-3-5-13/h1-9,15-16,20,26H,10-11H2,(H,28,29)(H2,21,22,23,24,25,27)/t15-,16-/m0/s1. The highest BCUT2D eigenvalue weighted by molar-refractivity contribution is 5.94. The van der Waals surface area contributed by atoms with Crippen molar-refractivity contribution in [1.82, 2.24) is 25.9 Å². The van der Waals surface area contributed by atoms with Crippen molar-refractivity contribution in [2.45, 2.75) is 18.5 Å². The Bertz CT molecular complexity index is 931. The Kier molecular flexibility index (Phi) is 6.61. The third kappa shape index (κ3) is 5.43. The molecule has 1 aromatic heterocycles. The normalized spacial score (nSPS) is 12.9. The Labute approximate surface area is 166 Å². The molecule has 0 bridgehead atoms. The summed E-state index contributed by atoms with van der Waals surface area (Å²) in [5.74, 6) is -1.75. The molecule has 150 valence electrons. The maximum absolute atomic E-state index is 12.6. The van der Waals surface area contributed by atoms with Crippen molar-refractivity contribution in [3.8, 4) is 11.1 Å². The van der Waals surface area contributed by atoms with Gasteiger partial charge in [-0.25, -0.2) is 5.10 Å². The summed E-state index contributed by atoms with van der Waals surface area (Å²) in [5.41, 5.74) is 2.90. The van der Waals surface area contributed by atoms with Gasteiger partial charge >= 0.3 is 5.97 Å². The second kappa shape index (κ2) is 9.53. The van der Waals surface area contributed by atoms with Gasteiger partial charge in [0, 0.05) is 0 Å². The topological polar surface area (TPSA) is 153 Å². The summed E-state index contributed by atoms with van der Waals surface area (Å²) in [5, 5.41) is 36.4. The van der Waals surface area contributed by atoms with Gasteiger partial charge in [0.15, 0.2) is 0 Å². The third-order valence-corrected chi connectivity index (χ3v) is 4.29. The number of amides is 1. The number of hydrogen-bond donors (Lipinski definition) is 5. The van der Waals surface area contributed by atoms with Gasteiger partial charge < -0.3 is 10.2 Å². The van der Waals surface area contributed by atoms with Gasteiger partial charge in [-0.15, -0.1) is 0 Å². The smallest absolute Gasteiger partial charge is 0.323 e. The second-order valence-corrected chi connectivity index (χ2v) is 6.30. The summed E-state index contributed by atoms with van der Waals surface area (Å²) < 4.78 is 0. The van der Waals surface area contributed by atoms with Crippen molar-refractivity contribution in [2.75, 3.05) is 11.9 Å². The van der Waals surface area contributed by atoms with Gasteiger partial charge in [0.1, 0.15) is 6.04 Å². The number of aliphatic hydroxyl groups is 1. The number of hydrogen-bond acceptors (Lipinski definition) is 7. The highest BCUT2D eigenvalue weighted by Crippen LogP contribution is 2.20. The van der Waals surface area contributed by atoms with E-state index in [9.17, 15) is 19.8 Å². The minimum Gasteiger partial charge on any atom is -0.480 e. The molecule has 0 saturated carbocycles. The minimum atomic E-state index is -1.29. The molecule has 1 amide bonds. The van der Waals surface area contributed by atoms with E-state index >= 15 is 0 Å². The summed E-state index contributed by atoms with van der Waals surface area (Å²) >= 11 is 0. The van der Waals surface area contributed by atoms with Crippen molar-refractivity contribution in [1.29, 1.82) is 0 Å². The van der Waals surface area contributed by atoms with Gasteiger partial charge in [0.25, 0.3) is 0 Å². The molecule has 2 atom stereocenters. The molecule has 0 aliphatic rings. The highest BCUT2D eigenvalue weighted by Gasteiger charge is 2.26. The molecule has 2 aromatic carbocycles. The number of carboxylic acids is 1. The SMILES string of the molecule is O=C(O)[C@H](CO)N[C@@H](Cc1ccc(-c2ccccc2)cc1)C(=O)Nc1nnn[nH]1. The van der Waals surface area contributed by atoms with Crippen LogP contribution in [-0.4, -0.2) is 61.4 Å². The van der Waals surface area contributed by atoms with Crippen LogP contribution in [0, 0.1) is 0 Å². The van der Waals surface area contributed by atoms with E-state index in [0.29, 0.717) is 0 Å². The number of anilines is 1. The van der Waals surface area contributed by atoms with E-state index in [1.165, 1.54) is 0 Å². The number of rotatable bonds is 9. The third-order valence-electron chi connectivity index (χ3n) is 4.29. The van der Waals surface area contributed by atoms with Gasteiger partial charge in [-0.3, -0.25) is 20.2 Å². The van der Waals surface area contributed by atoms with Crippen molar-refractivity contribution < 1.29 is 19.8 Å². The Morgan fingerprint density at radius 1 is 1.00 bits per heavy atom. The van der Waals surface area contributed by atoms with Crippen molar-refractivity contribution in [3.05, 3.63) is 60.2 Å². The number of aromatic nitrogens is 4. The van der Waals surface area contributed by atoms with E-state index in [0.717, 1.165) is 16.7 Å². The minimum absolute atomic E-state index is 0.0390. The Morgan fingerprint density at radius 3 is 2.28 bits per heavy atom. The van der Waals surface area contributed by atoms with Crippen LogP contribution in [0.1, 0.15) is 5.56 Å². The molecule has 3 rings (SSSR count). The second-order valence-electron chi connectivity index (χ2n) is 6.30. The summed E-state index contributed by atoms with van der Waals surface area (Å²) in [6.07, 6.45) is 0.201. The predicted molar refractivity (Wildman–Crippen MR) is 104 cm³/mol. The number of carbonyl (C=O) groups excluding carboxylic acids is 1. The number of carboxylic acid groups (broad SMARTS) is 1. The first kappa shape index (κ1) is 20.1. The van der Waals surface area contributed by atoms with Crippen LogP contribution in [0.2, 0.25) is 0 Å². The number of nitrogens with zero attached hydrogens (tertiary/aromatic N) is 3. The van der Waals surface area contributed by atoms with Crippen molar-refractivity contribution in [3.63, 3.8) is 0 Å². The zero-order valence-corrected chi connectivity index (χ0v) is 15.3. The van der Waals surface area contributed by atoms with Gasteiger partial charge in [-0.05, 0) is 33.5 Å². The summed E-state index contributed by atoms with van der Waals surface area (Å²) in [6, 6.07) is 15.2. The van der Waals surface area contributed by atoms with Crippen LogP contribution < -0.4 is 10.6 Å².